The van der Waals surface area contributed by atoms with E-state index in [1.165, 1.54) is 0 Å². The van der Waals surface area contributed by atoms with Crippen molar-refractivity contribution in [3.8, 4) is 16.9 Å². The molecule has 0 aliphatic heterocycles. The Kier molecular flexibility index (Phi) is 4.59. The first kappa shape index (κ1) is 18.8. The first-order valence-corrected chi connectivity index (χ1v) is 10.1. The van der Waals surface area contributed by atoms with Gasteiger partial charge in [0.1, 0.15) is 0 Å². The van der Waals surface area contributed by atoms with E-state index in [1.807, 2.05) is 42.6 Å². The summed E-state index contributed by atoms with van der Waals surface area (Å²) in [6.07, 6.45) is 6.54. The van der Waals surface area contributed by atoms with Crippen LogP contribution in [0.2, 0.25) is 0 Å². The van der Waals surface area contributed by atoms with Crippen molar-refractivity contribution >= 4 is 27.8 Å². The number of hydrogen-bond acceptors (Lipinski definition) is 2. The van der Waals surface area contributed by atoms with Crippen molar-refractivity contribution < 1.29 is 0 Å². The Labute approximate surface area is 177 Å². The first-order valence-electron chi connectivity index (χ1n) is 10.1. The molecule has 6 N–H and O–H groups in total. The number of nitrogens with zero attached hydrogens (tertiary/aromatic N) is 3. The zero-order chi connectivity index (χ0) is 21.4. The fraction of sp³-hybridized carbons (Fsp3) is 0.130. The monoisotopic (exact) mass is 413 g/mol. The smallest absolute Gasteiger partial charge is 0.330 e. The Morgan fingerprint density at radius 1 is 0.968 bits per heavy atom. The van der Waals surface area contributed by atoms with E-state index < -0.39 is 0 Å². The number of para-hydroxylation sites is 2. The van der Waals surface area contributed by atoms with Crippen LogP contribution < -0.4 is 17.2 Å². The van der Waals surface area contributed by atoms with Crippen molar-refractivity contribution in [2.45, 2.75) is 13.0 Å². The topological polar surface area (TPSA) is 123 Å². The van der Waals surface area contributed by atoms with Gasteiger partial charge < -0.3 is 26.0 Å². The number of nitrogens with two attached hydrogens (primary N) is 2. The van der Waals surface area contributed by atoms with E-state index in [0.717, 1.165) is 51.7 Å². The van der Waals surface area contributed by atoms with Crippen molar-refractivity contribution in [2.75, 3.05) is 6.54 Å². The Balaban J connectivity index is 1.63. The van der Waals surface area contributed by atoms with E-state index >= 15 is 0 Å². The highest BCUT2D eigenvalue weighted by atomic mass is 16.1. The van der Waals surface area contributed by atoms with Gasteiger partial charge >= 0.3 is 5.69 Å². The van der Waals surface area contributed by atoms with Crippen LogP contribution in [0.3, 0.4) is 0 Å². The summed E-state index contributed by atoms with van der Waals surface area (Å²) in [6, 6.07) is 16.1. The van der Waals surface area contributed by atoms with E-state index in [2.05, 4.69) is 37.9 Å². The second-order valence-corrected chi connectivity index (χ2v) is 7.45. The predicted octanol–water partition coefficient (Wildman–Crippen LogP) is 2.93. The summed E-state index contributed by atoms with van der Waals surface area (Å²) in [5.74, 6) is 0.105. The number of imidazole rings is 1. The summed E-state index contributed by atoms with van der Waals surface area (Å²) in [7, 11) is 0. The molecule has 2 aromatic carbocycles. The Hall–Kier alpha value is -4.20. The molecule has 3 heterocycles. The van der Waals surface area contributed by atoms with E-state index in [-0.39, 0.29) is 11.6 Å². The van der Waals surface area contributed by atoms with Crippen LogP contribution in [-0.2, 0) is 6.54 Å². The third-order valence-corrected chi connectivity index (χ3v) is 5.50. The van der Waals surface area contributed by atoms with Crippen LogP contribution in [-0.4, -0.2) is 31.6 Å². The van der Waals surface area contributed by atoms with Crippen LogP contribution in [0.4, 0.5) is 0 Å². The molecule has 0 saturated carbocycles. The van der Waals surface area contributed by atoms with E-state index in [1.54, 1.807) is 10.8 Å². The van der Waals surface area contributed by atoms with Crippen LogP contribution in [0, 0.1) is 0 Å². The normalized spacial score (nSPS) is 11.4. The molecule has 0 spiro atoms. The minimum atomic E-state index is -0.177. The summed E-state index contributed by atoms with van der Waals surface area (Å²) in [5, 5.41) is 2.07. The van der Waals surface area contributed by atoms with Crippen LogP contribution in [0.15, 0.2) is 76.9 Å². The van der Waals surface area contributed by atoms with Gasteiger partial charge in [-0.3, -0.25) is 9.56 Å². The van der Waals surface area contributed by atoms with Crippen LogP contribution in [0.25, 0.3) is 38.8 Å². The highest BCUT2D eigenvalue weighted by Crippen LogP contribution is 2.32. The second-order valence-electron chi connectivity index (χ2n) is 7.45. The predicted molar refractivity (Wildman–Crippen MR) is 124 cm³/mol. The zero-order valence-corrected chi connectivity index (χ0v) is 16.9. The molecule has 5 rings (SSSR count). The van der Waals surface area contributed by atoms with Gasteiger partial charge in [-0.2, -0.15) is 0 Å². The molecule has 0 atom stereocenters. The lowest BCUT2D eigenvalue weighted by atomic mass is 10.1. The van der Waals surface area contributed by atoms with Crippen molar-refractivity contribution in [3.63, 3.8) is 0 Å². The number of aromatic nitrogens is 4. The SMILES string of the molecule is NC(N)=NCCCn1cc(-c2c[nH]c(=O)n2-c2c[nH]c3ccccc23)c2ccccc21. The standard InChI is InChI=1S/C23H23N7O/c24-22(25)26-10-5-11-29-14-17(15-6-2-4-9-19(15)29)21-13-28-23(31)30(21)20-12-27-18-8-3-1-7-16(18)20/h1-4,6-9,12-14,27H,5,10-11H2,(H,28,31)(H4,24,25,26). The average Bonchev–Trinajstić information content (AvgIpc) is 3.46. The van der Waals surface area contributed by atoms with Crippen LogP contribution in [0.1, 0.15) is 6.42 Å². The molecule has 0 unspecified atom stereocenters. The Bertz CT molecular complexity index is 1460. The highest BCUT2D eigenvalue weighted by molar-refractivity contribution is 5.96. The molecular formula is C23H23N7O. The molecule has 5 aromatic rings. The van der Waals surface area contributed by atoms with Gasteiger partial charge in [0.2, 0.25) is 0 Å². The average molecular weight is 413 g/mol. The van der Waals surface area contributed by atoms with Gasteiger partial charge in [0, 0.05) is 59.0 Å². The Morgan fingerprint density at radius 2 is 1.74 bits per heavy atom. The maximum Gasteiger partial charge on any atom is 0.330 e. The maximum atomic E-state index is 12.8. The van der Waals surface area contributed by atoms with Gasteiger partial charge in [-0.05, 0) is 18.6 Å². The van der Waals surface area contributed by atoms with Gasteiger partial charge in [-0.15, -0.1) is 0 Å². The van der Waals surface area contributed by atoms with Crippen LogP contribution >= 0.6 is 0 Å². The fourth-order valence-electron chi connectivity index (χ4n) is 4.13. The molecule has 0 saturated heterocycles. The molecular weight excluding hydrogens is 390 g/mol. The Morgan fingerprint density at radius 3 is 2.58 bits per heavy atom. The lowest BCUT2D eigenvalue weighted by Crippen LogP contribution is -2.23. The van der Waals surface area contributed by atoms with E-state index in [4.69, 9.17) is 11.5 Å². The van der Waals surface area contributed by atoms with Crippen molar-refractivity contribution in [2.24, 2.45) is 16.5 Å². The minimum absolute atomic E-state index is 0.105. The van der Waals surface area contributed by atoms with Gasteiger partial charge in [0.15, 0.2) is 5.96 Å². The molecule has 0 aliphatic rings. The fourth-order valence-corrected chi connectivity index (χ4v) is 4.13. The number of rotatable bonds is 6. The molecule has 0 radical (unpaired) electrons. The summed E-state index contributed by atoms with van der Waals surface area (Å²) in [5.41, 5.74) is 15.4. The van der Waals surface area contributed by atoms with E-state index in [0.29, 0.717) is 6.54 Å². The minimum Gasteiger partial charge on any atom is -0.370 e. The number of benzene rings is 2. The number of H-pyrrole nitrogens is 2. The van der Waals surface area contributed by atoms with Crippen molar-refractivity contribution in [1.82, 2.24) is 19.1 Å². The van der Waals surface area contributed by atoms with Crippen molar-refractivity contribution in [3.05, 3.63) is 77.6 Å². The largest absolute Gasteiger partial charge is 0.370 e. The van der Waals surface area contributed by atoms with Crippen LogP contribution in [0.5, 0.6) is 0 Å². The molecule has 8 heteroatoms. The summed E-state index contributed by atoms with van der Waals surface area (Å²) in [4.78, 5) is 23.0. The first-order chi connectivity index (χ1) is 15.1. The molecule has 8 nitrogen and oxygen atoms in total. The number of hydrogen-bond donors (Lipinski definition) is 4. The molecule has 3 aromatic heterocycles. The molecule has 156 valence electrons. The molecule has 0 bridgehead atoms. The third-order valence-electron chi connectivity index (χ3n) is 5.50. The highest BCUT2D eigenvalue weighted by Gasteiger charge is 2.18. The van der Waals surface area contributed by atoms with Gasteiger partial charge in [0.05, 0.1) is 11.4 Å². The molecule has 0 amide bonds. The lowest BCUT2D eigenvalue weighted by molar-refractivity contribution is 0.671. The number of aliphatic imine (C=N–C) groups is 1. The summed E-state index contributed by atoms with van der Waals surface area (Å²) in [6.45, 7) is 1.33. The van der Waals surface area contributed by atoms with Gasteiger partial charge in [0.25, 0.3) is 0 Å². The molecule has 0 fully saturated rings. The lowest BCUT2D eigenvalue weighted by Gasteiger charge is -2.05. The quantitative estimate of drug-likeness (QED) is 0.194. The second kappa shape index (κ2) is 7.56. The summed E-state index contributed by atoms with van der Waals surface area (Å²) >= 11 is 0. The van der Waals surface area contributed by atoms with E-state index in [9.17, 15) is 4.79 Å². The number of nitrogens with one attached hydrogen (secondary N) is 2. The molecule has 31 heavy (non-hydrogen) atoms. The maximum absolute atomic E-state index is 12.8. The zero-order valence-electron chi connectivity index (χ0n) is 16.9. The third kappa shape index (κ3) is 3.28. The number of guanidine groups is 1. The van der Waals surface area contributed by atoms with Gasteiger partial charge in [-0.25, -0.2) is 4.79 Å². The van der Waals surface area contributed by atoms with Crippen molar-refractivity contribution in [1.29, 1.82) is 0 Å². The van der Waals surface area contributed by atoms with Gasteiger partial charge in [-0.1, -0.05) is 36.4 Å². The molecule has 0 aliphatic carbocycles. The number of fused-ring (bicyclic) bond motifs is 2. The number of aryl methyl sites for hydroxylation is 1. The summed E-state index contributed by atoms with van der Waals surface area (Å²) < 4.78 is 3.91. The number of aromatic amines is 2.